The van der Waals surface area contributed by atoms with Crippen molar-refractivity contribution in [3.63, 3.8) is 0 Å². The van der Waals surface area contributed by atoms with Gasteiger partial charge in [0.25, 0.3) is 0 Å². The van der Waals surface area contributed by atoms with Gasteiger partial charge in [0, 0.05) is 12.1 Å². The fraction of sp³-hybridized carbons (Fsp3) is 1.00. The number of hydrogen-bond donors (Lipinski definition) is 2. The average molecular weight is 211 g/mol. The van der Waals surface area contributed by atoms with Crippen LogP contribution in [0.2, 0.25) is 0 Å². The Labute approximate surface area is 93.5 Å². The number of aliphatic hydroxyl groups is 1. The maximum Gasteiger partial charge on any atom is 0.0693 e. The second-order valence-corrected chi connectivity index (χ2v) is 5.40. The molecular weight excluding hydrogens is 186 g/mol. The Morgan fingerprint density at radius 1 is 1.07 bits per heavy atom. The first-order chi connectivity index (χ1) is 7.29. The molecule has 2 fully saturated rings. The van der Waals surface area contributed by atoms with Gasteiger partial charge in [-0.15, -0.1) is 0 Å². The summed E-state index contributed by atoms with van der Waals surface area (Å²) in [4.78, 5) is 0. The van der Waals surface area contributed by atoms with Crippen molar-refractivity contribution >= 4 is 0 Å². The van der Waals surface area contributed by atoms with Crippen molar-refractivity contribution in [2.45, 2.75) is 76.5 Å². The van der Waals surface area contributed by atoms with Crippen molar-refractivity contribution in [1.82, 2.24) is 5.32 Å². The molecular formula is C13H25NO. The van der Waals surface area contributed by atoms with E-state index in [0.717, 1.165) is 12.3 Å². The summed E-state index contributed by atoms with van der Waals surface area (Å²) in [7, 11) is 0. The van der Waals surface area contributed by atoms with Crippen LogP contribution < -0.4 is 5.32 Å². The van der Waals surface area contributed by atoms with E-state index in [1.165, 1.54) is 44.9 Å². The van der Waals surface area contributed by atoms with Gasteiger partial charge in [0.15, 0.2) is 0 Å². The zero-order chi connectivity index (χ0) is 10.7. The summed E-state index contributed by atoms with van der Waals surface area (Å²) in [5.41, 5.74) is 0. The van der Waals surface area contributed by atoms with Crippen molar-refractivity contribution in [1.29, 1.82) is 0 Å². The normalized spacial score (nSPS) is 42.0. The van der Waals surface area contributed by atoms with E-state index >= 15 is 0 Å². The fourth-order valence-corrected chi connectivity index (χ4v) is 3.17. The molecule has 0 aromatic heterocycles. The lowest BCUT2D eigenvalue weighted by molar-refractivity contribution is 0.134. The molecule has 0 aliphatic heterocycles. The predicted octanol–water partition coefficient (Wildman–Crippen LogP) is 2.46. The monoisotopic (exact) mass is 211 g/mol. The molecule has 2 atom stereocenters. The van der Waals surface area contributed by atoms with Gasteiger partial charge in [-0.3, -0.25) is 0 Å². The molecule has 0 heterocycles. The fourth-order valence-electron chi connectivity index (χ4n) is 3.17. The third-order valence-electron chi connectivity index (χ3n) is 4.35. The Bertz CT molecular complexity index is 187. The molecule has 0 saturated heterocycles. The zero-order valence-corrected chi connectivity index (χ0v) is 9.91. The van der Waals surface area contributed by atoms with Gasteiger partial charge in [-0.25, -0.2) is 0 Å². The van der Waals surface area contributed by atoms with Crippen LogP contribution in [0.3, 0.4) is 0 Å². The van der Waals surface area contributed by atoms with E-state index < -0.39 is 0 Å². The van der Waals surface area contributed by atoms with Crippen molar-refractivity contribution in [2.24, 2.45) is 5.92 Å². The van der Waals surface area contributed by atoms with E-state index in [0.29, 0.717) is 12.1 Å². The summed E-state index contributed by atoms with van der Waals surface area (Å²) in [6.07, 6.45) is 10.1. The van der Waals surface area contributed by atoms with Crippen LogP contribution in [0.25, 0.3) is 0 Å². The first-order valence-electron chi connectivity index (χ1n) is 6.73. The highest BCUT2D eigenvalue weighted by Crippen LogP contribution is 2.28. The van der Waals surface area contributed by atoms with Crippen molar-refractivity contribution in [3.8, 4) is 0 Å². The lowest BCUT2D eigenvalue weighted by atomic mass is 9.84. The Balaban J connectivity index is 1.72. The number of aliphatic hydroxyl groups excluding tert-OH is 1. The maximum atomic E-state index is 9.76. The quantitative estimate of drug-likeness (QED) is 0.751. The van der Waals surface area contributed by atoms with Crippen LogP contribution in [0.1, 0.15) is 58.3 Å². The molecule has 0 radical (unpaired) electrons. The van der Waals surface area contributed by atoms with E-state index in [1.54, 1.807) is 0 Å². The third-order valence-corrected chi connectivity index (χ3v) is 4.35. The van der Waals surface area contributed by atoms with E-state index in [-0.39, 0.29) is 6.10 Å². The standard InChI is InChI=1S/C13H25NO/c1-2-10-6-8-11(9-7-10)14-12-4-3-5-13(12)15/h10-15H,2-9H2,1H3. The summed E-state index contributed by atoms with van der Waals surface area (Å²) in [5.74, 6) is 0.969. The van der Waals surface area contributed by atoms with Gasteiger partial charge < -0.3 is 10.4 Å². The highest BCUT2D eigenvalue weighted by molar-refractivity contribution is 4.87. The van der Waals surface area contributed by atoms with Gasteiger partial charge in [-0.2, -0.15) is 0 Å². The Morgan fingerprint density at radius 2 is 1.80 bits per heavy atom. The molecule has 0 aromatic carbocycles. The van der Waals surface area contributed by atoms with Crippen LogP contribution in [-0.4, -0.2) is 23.3 Å². The lowest BCUT2D eigenvalue weighted by Gasteiger charge is -2.31. The van der Waals surface area contributed by atoms with Gasteiger partial charge >= 0.3 is 0 Å². The topological polar surface area (TPSA) is 32.3 Å². The number of rotatable bonds is 3. The Hall–Kier alpha value is -0.0800. The minimum absolute atomic E-state index is 0.0751. The molecule has 2 nitrogen and oxygen atoms in total. The van der Waals surface area contributed by atoms with Gasteiger partial charge in [-0.05, 0) is 50.9 Å². The van der Waals surface area contributed by atoms with Gasteiger partial charge in [0.2, 0.25) is 0 Å². The lowest BCUT2D eigenvalue weighted by Crippen LogP contribution is -2.44. The van der Waals surface area contributed by atoms with Gasteiger partial charge in [0.05, 0.1) is 6.10 Å². The van der Waals surface area contributed by atoms with Crippen molar-refractivity contribution in [3.05, 3.63) is 0 Å². The molecule has 2 heteroatoms. The van der Waals surface area contributed by atoms with Crippen molar-refractivity contribution in [2.75, 3.05) is 0 Å². The summed E-state index contributed by atoms with van der Waals surface area (Å²) < 4.78 is 0. The van der Waals surface area contributed by atoms with Crippen molar-refractivity contribution < 1.29 is 5.11 Å². The summed E-state index contributed by atoms with van der Waals surface area (Å²) in [6.45, 7) is 2.30. The van der Waals surface area contributed by atoms with E-state index in [1.807, 2.05) is 0 Å². The molecule has 0 spiro atoms. The third kappa shape index (κ3) is 2.94. The first kappa shape index (κ1) is 11.4. The van der Waals surface area contributed by atoms with E-state index in [4.69, 9.17) is 0 Å². The molecule has 0 bridgehead atoms. The van der Waals surface area contributed by atoms with Crippen LogP contribution in [0.15, 0.2) is 0 Å². The molecule has 0 aromatic rings. The molecule has 2 rings (SSSR count). The molecule has 15 heavy (non-hydrogen) atoms. The maximum absolute atomic E-state index is 9.76. The summed E-state index contributed by atoms with van der Waals surface area (Å²) in [5, 5.41) is 13.4. The Kier molecular flexibility index (Phi) is 4.04. The van der Waals surface area contributed by atoms with Crippen LogP contribution in [0.5, 0.6) is 0 Å². The first-order valence-corrected chi connectivity index (χ1v) is 6.73. The second kappa shape index (κ2) is 5.31. The molecule has 2 aliphatic carbocycles. The van der Waals surface area contributed by atoms with Gasteiger partial charge in [-0.1, -0.05) is 13.3 Å². The zero-order valence-electron chi connectivity index (χ0n) is 9.91. The molecule has 88 valence electrons. The highest BCUT2D eigenvalue weighted by atomic mass is 16.3. The van der Waals surface area contributed by atoms with Crippen LogP contribution in [0.4, 0.5) is 0 Å². The molecule has 2 unspecified atom stereocenters. The summed E-state index contributed by atoms with van der Waals surface area (Å²) in [6, 6.07) is 1.08. The molecule has 0 amide bonds. The largest absolute Gasteiger partial charge is 0.392 e. The number of nitrogens with one attached hydrogen (secondary N) is 1. The Morgan fingerprint density at radius 3 is 2.33 bits per heavy atom. The second-order valence-electron chi connectivity index (χ2n) is 5.40. The smallest absolute Gasteiger partial charge is 0.0693 e. The molecule has 2 N–H and O–H groups in total. The van der Waals surface area contributed by atoms with E-state index in [2.05, 4.69) is 12.2 Å². The van der Waals surface area contributed by atoms with E-state index in [9.17, 15) is 5.11 Å². The average Bonchev–Trinajstić information content (AvgIpc) is 2.66. The van der Waals surface area contributed by atoms with Gasteiger partial charge in [0.1, 0.15) is 0 Å². The van der Waals surface area contributed by atoms with Crippen LogP contribution in [0, 0.1) is 5.92 Å². The molecule has 2 saturated carbocycles. The summed E-state index contributed by atoms with van der Waals surface area (Å²) >= 11 is 0. The SMILES string of the molecule is CCC1CCC(NC2CCCC2O)CC1. The van der Waals surface area contributed by atoms with Crippen LogP contribution in [-0.2, 0) is 0 Å². The molecule has 2 aliphatic rings. The minimum atomic E-state index is -0.0751. The number of hydrogen-bond acceptors (Lipinski definition) is 2. The van der Waals surface area contributed by atoms with Crippen LogP contribution >= 0.6 is 0 Å². The highest BCUT2D eigenvalue weighted by Gasteiger charge is 2.28. The predicted molar refractivity (Wildman–Crippen MR) is 62.8 cm³/mol. The minimum Gasteiger partial charge on any atom is -0.392 e.